The molecule has 0 aliphatic heterocycles. The molecule has 4 rings (SSSR count). The number of hydrogen-bond donors (Lipinski definition) is 1. The average molecular weight is 478 g/mol. The first-order valence-corrected chi connectivity index (χ1v) is 11.8. The number of amides is 1. The van der Waals surface area contributed by atoms with Crippen molar-refractivity contribution in [1.29, 1.82) is 0 Å². The summed E-state index contributed by atoms with van der Waals surface area (Å²) in [6.07, 6.45) is 0. The van der Waals surface area contributed by atoms with Gasteiger partial charge in [-0.1, -0.05) is 30.3 Å². The lowest BCUT2D eigenvalue weighted by atomic mass is 10.1. The molecule has 0 saturated carbocycles. The summed E-state index contributed by atoms with van der Waals surface area (Å²) in [6, 6.07) is 23.3. The quantitative estimate of drug-likeness (QED) is 0.431. The number of aromatic nitrogens is 2. The highest BCUT2D eigenvalue weighted by Crippen LogP contribution is 2.37. The van der Waals surface area contributed by atoms with Crippen LogP contribution < -0.4 is 14.2 Å². The Morgan fingerprint density at radius 2 is 1.62 bits per heavy atom. The fourth-order valence-electron chi connectivity index (χ4n) is 3.55. The Balaban J connectivity index is 1.88. The van der Waals surface area contributed by atoms with Gasteiger partial charge in [-0.05, 0) is 48.5 Å². The van der Waals surface area contributed by atoms with E-state index in [1.807, 2.05) is 59.3 Å². The zero-order valence-corrected chi connectivity index (χ0v) is 19.7. The molecule has 1 amide bonds. The van der Waals surface area contributed by atoms with Gasteiger partial charge in [-0.25, -0.2) is 17.8 Å². The van der Waals surface area contributed by atoms with Gasteiger partial charge < -0.3 is 9.47 Å². The van der Waals surface area contributed by atoms with E-state index in [4.69, 9.17) is 14.6 Å². The Labute approximate surface area is 197 Å². The second-order valence-electron chi connectivity index (χ2n) is 7.41. The Morgan fingerprint density at radius 1 is 0.912 bits per heavy atom. The predicted molar refractivity (Wildman–Crippen MR) is 129 cm³/mol. The Kier molecular flexibility index (Phi) is 6.38. The van der Waals surface area contributed by atoms with Crippen molar-refractivity contribution in [3.05, 3.63) is 78.9 Å². The summed E-state index contributed by atoms with van der Waals surface area (Å²) in [5.74, 6) is 0.629. The molecule has 0 bridgehead atoms. The summed E-state index contributed by atoms with van der Waals surface area (Å²) in [6.45, 7) is 1.15. The molecule has 8 nitrogen and oxygen atoms in total. The smallest absolute Gasteiger partial charge is 0.264 e. The van der Waals surface area contributed by atoms with Crippen molar-refractivity contribution in [2.75, 3.05) is 14.2 Å². The fraction of sp³-hybridized carbons (Fsp3) is 0.120. The number of nitrogens with one attached hydrogen (secondary N) is 1. The minimum atomic E-state index is -3.94. The van der Waals surface area contributed by atoms with Crippen molar-refractivity contribution < 1.29 is 22.7 Å². The summed E-state index contributed by atoms with van der Waals surface area (Å²) < 4.78 is 39.4. The second kappa shape index (κ2) is 9.40. The highest BCUT2D eigenvalue weighted by Gasteiger charge is 2.19. The first-order valence-electron chi connectivity index (χ1n) is 10.3. The molecule has 0 fully saturated rings. The molecule has 1 N–H and O–H groups in total. The molecule has 0 aliphatic rings. The van der Waals surface area contributed by atoms with Crippen LogP contribution in [0.25, 0.3) is 28.2 Å². The molecule has 0 unspecified atom stereocenters. The van der Waals surface area contributed by atoms with Crippen LogP contribution in [-0.2, 0) is 14.8 Å². The highest BCUT2D eigenvalue weighted by atomic mass is 32.2. The van der Waals surface area contributed by atoms with E-state index in [0.29, 0.717) is 17.2 Å². The number of benzene rings is 3. The molecular formula is C25H23N3O5S. The first-order chi connectivity index (χ1) is 16.3. The van der Waals surface area contributed by atoms with Gasteiger partial charge in [0.05, 0.1) is 36.2 Å². The van der Waals surface area contributed by atoms with Crippen LogP contribution >= 0.6 is 0 Å². The third-order valence-electron chi connectivity index (χ3n) is 5.13. The van der Waals surface area contributed by atoms with Gasteiger partial charge in [-0.15, -0.1) is 0 Å². The molecule has 34 heavy (non-hydrogen) atoms. The van der Waals surface area contributed by atoms with Crippen LogP contribution in [-0.4, -0.2) is 38.3 Å². The van der Waals surface area contributed by atoms with Crippen LogP contribution in [0.1, 0.15) is 6.92 Å². The van der Waals surface area contributed by atoms with Crippen LogP contribution in [0, 0.1) is 0 Å². The topological polar surface area (TPSA) is 99.5 Å². The van der Waals surface area contributed by atoms with Gasteiger partial charge in [0.2, 0.25) is 5.91 Å². The SMILES string of the molecule is COc1ccc(OC)c(-c2cc(-c3ccccc3)nn2-c2ccc(S(=O)(=O)NC(C)=O)cc2)c1. The molecule has 0 atom stereocenters. The molecule has 0 radical (unpaired) electrons. The number of nitrogens with zero attached hydrogens (tertiary/aromatic N) is 2. The van der Waals surface area contributed by atoms with E-state index < -0.39 is 15.9 Å². The maximum atomic E-state index is 12.3. The monoisotopic (exact) mass is 477 g/mol. The van der Waals surface area contributed by atoms with Gasteiger partial charge in [0.1, 0.15) is 11.5 Å². The maximum Gasteiger partial charge on any atom is 0.264 e. The fourth-order valence-corrected chi connectivity index (χ4v) is 4.54. The number of hydrogen-bond acceptors (Lipinski definition) is 6. The number of carbonyl (C=O) groups excluding carboxylic acids is 1. The van der Waals surface area contributed by atoms with Crippen LogP contribution in [0.15, 0.2) is 83.8 Å². The van der Waals surface area contributed by atoms with Crippen molar-refractivity contribution in [2.45, 2.75) is 11.8 Å². The van der Waals surface area contributed by atoms with Gasteiger partial charge in [0, 0.05) is 18.1 Å². The van der Waals surface area contributed by atoms with E-state index in [1.54, 1.807) is 31.0 Å². The molecule has 0 spiro atoms. The number of ether oxygens (including phenoxy) is 2. The maximum absolute atomic E-state index is 12.3. The number of sulfonamides is 1. The standard InChI is InChI=1S/C25H23N3O5S/c1-17(29)27-34(30,31)21-12-9-19(10-13-21)28-24(16-23(26-28)18-7-5-4-6-8-18)22-15-20(32-2)11-14-25(22)33-3/h4-16H,1-3H3,(H,27,29). The highest BCUT2D eigenvalue weighted by molar-refractivity contribution is 7.90. The summed E-state index contributed by atoms with van der Waals surface area (Å²) in [5, 5.41) is 4.80. The van der Waals surface area contributed by atoms with Crippen LogP contribution in [0.3, 0.4) is 0 Å². The molecule has 1 heterocycles. The molecule has 174 valence electrons. The molecule has 4 aromatic rings. The van der Waals surface area contributed by atoms with Crippen molar-refractivity contribution in [3.63, 3.8) is 0 Å². The summed E-state index contributed by atoms with van der Waals surface area (Å²) in [7, 11) is -0.765. The largest absolute Gasteiger partial charge is 0.497 e. The molecule has 0 saturated heterocycles. The number of carbonyl (C=O) groups is 1. The lowest BCUT2D eigenvalue weighted by Crippen LogP contribution is -2.28. The van der Waals surface area contributed by atoms with Crippen LogP contribution in [0.5, 0.6) is 11.5 Å². The summed E-state index contributed by atoms with van der Waals surface area (Å²) >= 11 is 0. The molecule has 3 aromatic carbocycles. The van der Waals surface area contributed by atoms with Gasteiger partial charge >= 0.3 is 0 Å². The minimum absolute atomic E-state index is 0.0256. The van der Waals surface area contributed by atoms with Crippen molar-refractivity contribution in [1.82, 2.24) is 14.5 Å². The zero-order chi connectivity index (χ0) is 24.3. The summed E-state index contributed by atoms with van der Waals surface area (Å²) in [4.78, 5) is 11.2. The number of methoxy groups -OCH3 is 2. The zero-order valence-electron chi connectivity index (χ0n) is 18.8. The second-order valence-corrected chi connectivity index (χ2v) is 9.10. The molecular weight excluding hydrogens is 454 g/mol. The van der Waals surface area contributed by atoms with E-state index in [1.165, 1.54) is 12.1 Å². The molecule has 0 aliphatic carbocycles. The van der Waals surface area contributed by atoms with Gasteiger partial charge in [0.25, 0.3) is 10.0 Å². The van der Waals surface area contributed by atoms with E-state index in [-0.39, 0.29) is 4.90 Å². The predicted octanol–water partition coefficient (Wildman–Crippen LogP) is 4.05. The Hall–Kier alpha value is -4.11. The Bertz CT molecular complexity index is 1430. The van der Waals surface area contributed by atoms with Crippen LogP contribution in [0.2, 0.25) is 0 Å². The van der Waals surface area contributed by atoms with E-state index >= 15 is 0 Å². The molecule has 9 heteroatoms. The van der Waals surface area contributed by atoms with Gasteiger partial charge in [-0.3, -0.25) is 4.79 Å². The normalized spacial score (nSPS) is 11.1. The average Bonchev–Trinajstić information content (AvgIpc) is 3.29. The van der Waals surface area contributed by atoms with Crippen molar-refractivity contribution >= 4 is 15.9 Å². The third kappa shape index (κ3) is 4.65. The van der Waals surface area contributed by atoms with E-state index in [2.05, 4.69) is 0 Å². The van der Waals surface area contributed by atoms with Gasteiger partial charge in [0.15, 0.2) is 0 Å². The lowest BCUT2D eigenvalue weighted by Gasteiger charge is -2.13. The van der Waals surface area contributed by atoms with Gasteiger partial charge in [-0.2, -0.15) is 5.10 Å². The minimum Gasteiger partial charge on any atom is -0.497 e. The summed E-state index contributed by atoms with van der Waals surface area (Å²) in [5.41, 5.74) is 3.77. The van der Waals surface area contributed by atoms with E-state index in [9.17, 15) is 13.2 Å². The van der Waals surface area contributed by atoms with Crippen molar-refractivity contribution in [3.8, 4) is 39.7 Å². The van der Waals surface area contributed by atoms with E-state index in [0.717, 1.165) is 29.4 Å². The van der Waals surface area contributed by atoms with Crippen molar-refractivity contribution in [2.24, 2.45) is 0 Å². The lowest BCUT2D eigenvalue weighted by molar-refractivity contribution is -0.117. The Morgan fingerprint density at radius 3 is 2.24 bits per heavy atom. The third-order valence-corrected chi connectivity index (χ3v) is 6.58. The molecule has 1 aromatic heterocycles. The number of rotatable bonds is 7. The first kappa shape index (κ1) is 23.1. The van der Waals surface area contributed by atoms with Crippen LogP contribution in [0.4, 0.5) is 0 Å².